The van der Waals surface area contributed by atoms with E-state index in [1.807, 2.05) is 0 Å². The molecule has 0 aromatic carbocycles. The number of hydrogen-bond donors (Lipinski definition) is 2. The van der Waals surface area contributed by atoms with Crippen LogP contribution >= 0.6 is 0 Å². The summed E-state index contributed by atoms with van der Waals surface area (Å²) in [4.78, 5) is 13.6. The minimum absolute atomic E-state index is 0.0796. The van der Waals surface area contributed by atoms with Gasteiger partial charge in [-0.25, -0.2) is 4.79 Å². The zero-order chi connectivity index (χ0) is 14.4. The Morgan fingerprint density at radius 1 is 1.30 bits per heavy atom. The Morgan fingerprint density at radius 3 is 2.85 bits per heavy atom. The molecule has 0 aromatic rings. The van der Waals surface area contributed by atoms with Crippen molar-refractivity contribution < 1.29 is 14.6 Å². The van der Waals surface area contributed by atoms with Gasteiger partial charge in [-0.1, -0.05) is 19.8 Å². The van der Waals surface area contributed by atoms with E-state index >= 15 is 0 Å². The molecule has 1 saturated carbocycles. The first-order valence-electron chi connectivity index (χ1n) is 7.99. The third-order valence-corrected chi connectivity index (χ3v) is 4.43. The standard InChI is InChI=1S/C15H28N2O3/c1-12-5-2-3-7-14(12)20-10-8-16-15(19)17-9-4-6-13(18)11-17/h12-14,18H,2-11H2,1H3,(H,16,19). The molecule has 0 spiro atoms. The summed E-state index contributed by atoms with van der Waals surface area (Å²) in [5, 5.41) is 12.4. The van der Waals surface area contributed by atoms with Crippen LogP contribution in [0.15, 0.2) is 0 Å². The highest BCUT2D eigenvalue weighted by atomic mass is 16.5. The molecule has 1 aliphatic heterocycles. The monoisotopic (exact) mass is 284 g/mol. The molecule has 0 aromatic heterocycles. The van der Waals surface area contributed by atoms with Crippen LogP contribution in [0.2, 0.25) is 0 Å². The highest BCUT2D eigenvalue weighted by molar-refractivity contribution is 5.74. The summed E-state index contributed by atoms with van der Waals surface area (Å²) in [5.74, 6) is 0.636. The van der Waals surface area contributed by atoms with Crippen molar-refractivity contribution in [2.24, 2.45) is 5.92 Å². The quantitative estimate of drug-likeness (QED) is 0.773. The van der Waals surface area contributed by atoms with E-state index < -0.39 is 0 Å². The molecule has 2 aliphatic rings. The van der Waals surface area contributed by atoms with Gasteiger partial charge in [-0.15, -0.1) is 0 Å². The first-order valence-corrected chi connectivity index (χ1v) is 7.99. The lowest BCUT2D eigenvalue weighted by molar-refractivity contribution is -0.00297. The Bertz CT molecular complexity index is 311. The van der Waals surface area contributed by atoms with Crippen LogP contribution in [-0.4, -0.2) is 54.5 Å². The number of aliphatic hydroxyl groups excluding tert-OH is 1. The zero-order valence-corrected chi connectivity index (χ0v) is 12.5. The van der Waals surface area contributed by atoms with Crippen LogP contribution in [0.1, 0.15) is 45.4 Å². The van der Waals surface area contributed by atoms with Crippen LogP contribution in [0.3, 0.4) is 0 Å². The molecular formula is C15H28N2O3. The summed E-state index contributed by atoms with van der Waals surface area (Å²) in [5.41, 5.74) is 0. The number of β-amino-alcohol motifs (C(OH)–C–C–N with tert-alkyl or cyclic N) is 1. The fraction of sp³-hybridized carbons (Fsp3) is 0.933. The van der Waals surface area contributed by atoms with Crippen molar-refractivity contribution in [3.8, 4) is 0 Å². The Balaban J connectivity index is 1.59. The molecule has 1 saturated heterocycles. The molecule has 5 nitrogen and oxygen atoms in total. The number of nitrogens with zero attached hydrogens (tertiary/aromatic N) is 1. The Kier molecular flexibility index (Phi) is 6.10. The van der Waals surface area contributed by atoms with Crippen molar-refractivity contribution in [1.29, 1.82) is 0 Å². The van der Waals surface area contributed by atoms with Crippen molar-refractivity contribution in [3.63, 3.8) is 0 Å². The van der Waals surface area contributed by atoms with Crippen molar-refractivity contribution in [3.05, 3.63) is 0 Å². The van der Waals surface area contributed by atoms with Crippen LogP contribution in [0.5, 0.6) is 0 Å². The third-order valence-electron chi connectivity index (χ3n) is 4.43. The van der Waals surface area contributed by atoms with Gasteiger partial charge in [0.25, 0.3) is 0 Å². The molecule has 1 heterocycles. The normalized spacial score (nSPS) is 31.1. The molecule has 2 fully saturated rings. The summed E-state index contributed by atoms with van der Waals surface area (Å²) >= 11 is 0. The summed E-state index contributed by atoms with van der Waals surface area (Å²) in [6, 6.07) is -0.0796. The molecule has 0 radical (unpaired) electrons. The molecule has 1 aliphatic carbocycles. The fourth-order valence-corrected chi connectivity index (χ4v) is 3.15. The van der Waals surface area contributed by atoms with Crippen molar-refractivity contribution in [1.82, 2.24) is 10.2 Å². The third kappa shape index (κ3) is 4.63. The minimum Gasteiger partial charge on any atom is -0.391 e. The molecule has 2 N–H and O–H groups in total. The SMILES string of the molecule is CC1CCCCC1OCCNC(=O)N1CCCC(O)C1. The number of rotatable bonds is 4. The van der Waals surface area contributed by atoms with Gasteiger partial charge < -0.3 is 20.1 Å². The second-order valence-corrected chi connectivity index (χ2v) is 6.14. The smallest absolute Gasteiger partial charge is 0.317 e. The molecule has 5 heteroatoms. The van der Waals surface area contributed by atoms with Gasteiger partial charge in [0.2, 0.25) is 0 Å². The second-order valence-electron chi connectivity index (χ2n) is 6.14. The van der Waals surface area contributed by atoms with Gasteiger partial charge in [0, 0.05) is 19.6 Å². The van der Waals surface area contributed by atoms with Crippen LogP contribution in [0.4, 0.5) is 4.79 Å². The van der Waals surface area contributed by atoms with Gasteiger partial charge >= 0.3 is 6.03 Å². The maximum atomic E-state index is 11.9. The fourth-order valence-electron chi connectivity index (χ4n) is 3.15. The number of aliphatic hydroxyl groups is 1. The van der Waals surface area contributed by atoms with Gasteiger partial charge in [0.05, 0.1) is 18.8 Å². The van der Waals surface area contributed by atoms with Gasteiger partial charge in [0.15, 0.2) is 0 Å². The maximum absolute atomic E-state index is 11.9. The summed E-state index contributed by atoms with van der Waals surface area (Å²) in [6.07, 6.45) is 6.64. The lowest BCUT2D eigenvalue weighted by atomic mass is 9.88. The minimum atomic E-state index is -0.367. The second kappa shape index (κ2) is 7.84. The number of piperidine rings is 1. The van der Waals surface area contributed by atoms with E-state index in [1.165, 1.54) is 19.3 Å². The summed E-state index contributed by atoms with van der Waals surface area (Å²) < 4.78 is 5.87. The van der Waals surface area contributed by atoms with E-state index in [9.17, 15) is 9.90 Å². The maximum Gasteiger partial charge on any atom is 0.317 e. The molecule has 3 unspecified atom stereocenters. The number of hydrogen-bond acceptors (Lipinski definition) is 3. The van der Waals surface area contributed by atoms with E-state index in [1.54, 1.807) is 4.90 Å². The van der Waals surface area contributed by atoms with E-state index in [0.717, 1.165) is 25.8 Å². The van der Waals surface area contributed by atoms with E-state index in [0.29, 0.717) is 31.7 Å². The Labute approximate surface area is 121 Å². The molecule has 0 bridgehead atoms. The van der Waals surface area contributed by atoms with Crippen LogP contribution in [0.25, 0.3) is 0 Å². The predicted molar refractivity (Wildman–Crippen MR) is 77.6 cm³/mol. The average molecular weight is 284 g/mol. The van der Waals surface area contributed by atoms with Crippen molar-refractivity contribution >= 4 is 6.03 Å². The summed E-state index contributed by atoms with van der Waals surface area (Å²) in [7, 11) is 0. The first-order chi connectivity index (χ1) is 9.66. The number of nitrogens with one attached hydrogen (secondary N) is 1. The number of ether oxygens (including phenoxy) is 1. The van der Waals surface area contributed by atoms with Gasteiger partial charge in [-0.05, 0) is 31.6 Å². The Hall–Kier alpha value is -0.810. The number of carbonyl (C=O) groups is 1. The predicted octanol–water partition coefficient (Wildman–Crippen LogP) is 1.75. The molecule has 20 heavy (non-hydrogen) atoms. The lowest BCUT2D eigenvalue weighted by Crippen LogP contribution is -2.47. The summed E-state index contributed by atoms with van der Waals surface area (Å²) in [6.45, 7) is 4.57. The van der Waals surface area contributed by atoms with Crippen molar-refractivity contribution in [2.45, 2.75) is 57.7 Å². The Morgan fingerprint density at radius 2 is 2.10 bits per heavy atom. The lowest BCUT2D eigenvalue weighted by Gasteiger charge is -2.31. The topological polar surface area (TPSA) is 61.8 Å². The highest BCUT2D eigenvalue weighted by Crippen LogP contribution is 2.25. The average Bonchev–Trinajstić information content (AvgIpc) is 2.45. The molecule has 2 amide bonds. The van der Waals surface area contributed by atoms with Gasteiger partial charge in [0.1, 0.15) is 0 Å². The highest BCUT2D eigenvalue weighted by Gasteiger charge is 2.23. The number of urea groups is 1. The van der Waals surface area contributed by atoms with E-state index in [-0.39, 0.29) is 12.1 Å². The number of likely N-dealkylation sites (tertiary alicyclic amines) is 1. The molecule has 116 valence electrons. The van der Waals surface area contributed by atoms with Crippen LogP contribution in [-0.2, 0) is 4.74 Å². The molecular weight excluding hydrogens is 256 g/mol. The number of carbonyl (C=O) groups excluding carboxylic acids is 1. The molecule has 2 rings (SSSR count). The zero-order valence-electron chi connectivity index (χ0n) is 12.5. The van der Waals surface area contributed by atoms with Crippen LogP contribution in [0, 0.1) is 5.92 Å². The first kappa shape index (κ1) is 15.6. The van der Waals surface area contributed by atoms with E-state index in [2.05, 4.69) is 12.2 Å². The van der Waals surface area contributed by atoms with Gasteiger partial charge in [-0.2, -0.15) is 0 Å². The molecule has 3 atom stereocenters. The van der Waals surface area contributed by atoms with E-state index in [4.69, 9.17) is 4.74 Å². The van der Waals surface area contributed by atoms with Crippen LogP contribution < -0.4 is 5.32 Å². The largest absolute Gasteiger partial charge is 0.391 e. The van der Waals surface area contributed by atoms with Gasteiger partial charge in [-0.3, -0.25) is 0 Å². The number of amides is 2. The van der Waals surface area contributed by atoms with Crippen molar-refractivity contribution in [2.75, 3.05) is 26.2 Å².